The number of carboxylic acids is 1. The molecule has 6 nitrogen and oxygen atoms in total. The second-order valence-corrected chi connectivity index (χ2v) is 5.03. The minimum absolute atomic E-state index is 0.0114. The van der Waals surface area contributed by atoms with Crippen LogP contribution in [0.3, 0.4) is 0 Å². The maximum atomic E-state index is 12.1. The Morgan fingerprint density at radius 2 is 2.35 bits per heavy atom. The molecule has 6 heteroatoms. The fourth-order valence-electron chi connectivity index (χ4n) is 2.67. The average molecular weight is 241 g/mol. The SMILES string of the molecule is C[C@@H]1NCCN2C(=O)N(CCC(=O)O)C[C@@]12C. The summed E-state index contributed by atoms with van der Waals surface area (Å²) in [6, 6.07) is 0.206. The number of urea groups is 1. The highest BCUT2D eigenvalue weighted by Gasteiger charge is 2.50. The third-order valence-corrected chi connectivity index (χ3v) is 3.94. The Labute approximate surface area is 101 Å². The quantitative estimate of drug-likeness (QED) is 0.726. The molecule has 0 unspecified atom stereocenters. The Morgan fingerprint density at radius 3 is 2.94 bits per heavy atom. The molecule has 2 N–H and O–H groups in total. The maximum absolute atomic E-state index is 12.1. The molecule has 2 aliphatic heterocycles. The van der Waals surface area contributed by atoms with E-state index in [-0.39, 0.29) is 24.0 Å². The molecule has 0 aromatic heterocycles. The fraction of sp³-hybridized carbons (Fsp3) is 0.818. The first-order valence-electron chi connectivity index (χ1n) is 5.97. The predicted octanol–water partition coefficient (Wildman–Crippen LogP) is -0.0509. The Balaban J connectivity index is 2.09. The molecular formula is C11H19N3O3. The molecule has 2 amide bonds. The van der Waals surface area contributed by atoms with E-state index in [9.17, 15) is 9.59 Å². The minimum atomic E-state index is -0.862. The first-order valence-corrected chi connectivity index (χ1v) is 5.97. The molecule has 0 aromatic carbocycles. The summed E-state index contributed by atoms with van der Waals surface area (Å²) in [5.74, 6) is -0.862. The van der Waals surface area contributed by atoms with Crippen LogP contribution in [0.1, 0.15) is 20.3 Å². The molecule has 2 saturated heterocycles. The second-order valence-electron chi connectivity index (χ2n) is 5.03. The van der Waals surface area contributed by atoms with Gasteiger partial charge in [0.1, 0.15) is 0 Å². The first kappa shape index (κ1) is 12.2. The number of aliphatic carboxylic acids is 1. The molecule has 2 rings (SSSR count). The van der Waals surface area contributed by atoms with E-state index < -0.39 is 5.97 Å². The van der Waals surface area contributed by atoms with Crippen LogP contribution in [-0.2, 0) is 4.79 Å². The van der Waals surface area contributed by atoms with Crippen molar-refractivity contribution in [1.29, 1.82) is 0 Å². The third-order valence-electron chi connectivity index (χ3n) is 3.94. The molecule has 2 atom stereocenters. The third kappa shape index (κ3) is 1.97. The number of carboxylic acid groups (broad SMARTS) is 1. The van der Waals surface area contributed by atoms with Crippen LogP contribution < -0.4 is 5.32 Å². The molecule has 0 radical (unpaired) electrons. The smallest absolute Gasteiger partial charge is 0.320 e. The van der Waals surface area contributed by atoms with Crippen molar-refractivity contribution in [1.82, 2.24) is 15.1 Å². The van der Waals surface area contributed by atoms with Gasteiger partial charge in [0.05, 0.1) is 12.0 Å². The van der Waals surface area contributed by atoms with Crippen molar-refractivity contribution in [2.45, 2.75) is 31.8 Å². The first-order chi connectivity index (χ1) is 7.95. The zero-order chi connectivity index (χ0) is 12.6. The molecule has 2 fully saturated rings. The van der Waals surface area contributed by atoms with E-state index in [2.05, 4.69) is 19.2 Å². The highest BCUT2D eigenvalue weighted by Crippen LogP contribution is 2.31. The van der Waals surface area contributed by atoms with E-state index in [0.29, 0.717) is 19.6 Å². The van der Waals surface area contributed by atoms with Crippen LogP contribution in [-0.4, -0.2) is 64.7 Å². The summed E-state index contributed by atoms with van der Waals surface area (Å²) >= 11 is 0. The van der Waals surface area contributed by atoms with Crippen molar-refractivity contribution in [3.63, 3.8) is 0 Å². The number of piperazine rings is 1. The normalized spacial score (nSPS) is 32.8. The van der Waals surface area contributed by atoms with Gasteiger partial charge in [-0.1, -0.05) is 0 Å². The van der Waals surface area contributed by atoms with Crippen LogP contribution in [0.15, 0.2) is 0 Å². The standard InChI is InChI=1S/C11H19N3O3/c1-8-11(2)7-13(5-3-9(15)16)10(17)14(11)6-4-12-8/h8,12H,3-7H2,1-2H3,(H,15,16)/t8-,11-/m0/s1. The van der Waals surface area contributed by atoms with Gasteiger partial charge in [0, 0.05) is 32.2 Å². The Bertz CT molecular complexity index is 347. The minimum Gasteiger partial charge on any atom is -0.481 e. The van der Waals surface area contributed by atoms with E-state index in [4.69, 9.17) is 5.11 Å². The molecule has 2 heterocycles. The lowest BCUT2D eigenvalue weighted by Crippen LogP contribution is -2.63. The average Bonchev–Trinajstić information content (AvgIpc) is 2.51. The maximum Gasteiger partial charge on any atom is 0.320 e. The van der Waals surface area contributed by atoms with E-state index in [1.165, 1.54) is 0 Å². The second kappa shape index (κ2) is 4.18. The van der Waals surface area contributed by atoms with Crippen molar-refractivity contribution in [2.75, 3.05) is 26.2 Å². The number of rotatable bonds is 3. The molecule has 0 saturated carbocycles. The number of hydrogen-bond acceptors (Lipinski definition) is 3. The topological polar surface area (TPSA) is 72.9 Å². The monoisotopic (exact) mass is 241 g/mol. The number of nitrogens with zero attached hydrogens (tertiary/aromatic N) is 2. The highest BCUT2D eigenvalue weighted by atomic mass is 16.4. The Hall–Kier alpha value is -1.30. The Morgan fingerprint density at radius 1 is 1.65 bits per heavy atom. The van der Waals surface area contributed by atoms with Gasteiger partial charge >= 0.3 is 12.0 Å². The van der Waals surface area contributed by atoms with Crippen molar-refractivity contribution >= 4 is 12.0 Å². The molecule has 0 aliphatic carbocycles. The van der Waals surface area contributed by atoms with Crippen molar-refractivity contribution < 1.29 is 14.7 Å². The van der Waals surface area contributed by atoms with Crippen molar-refractivity contribution in [3.05, 3.63) is 0 Å². The van der Waals surface area contributed by atoms with Crippen LogP contribution in [0.25, 0.3) is 0 Å². The lowest BCUT2D eigenvalue weighted by atomic mass is 9.90. The molecule has 96 valence electrons. The van der Waals surface area contributed by atoms with Gasteiger partial charge in [0.25, 0.3) is 0 Å². The van der Waals surface area contributed by atoms with E-state index in [0.717, 1.165) is 6.54 Å². The van der Waals surface area contributed by atoms with Gasteiger partial charge in [-0.25, -0.2) is 4.79 Å². The van der Waals surface area contributed by atoms with E-state index >= 15 is 0 Å². The molecular weight excluding hydrogens is 222 g/mol. The van der Waals surface area contributed by atoms with Crippen molar-refractivity contribution in [2.24, 2.45) is 0 Å². The summed E-state index contributed by atoms with van der Waals surface area (Å²) in [5.41, 5.74) is -0.214. The van der Waals surface area contributed by atoms with Crippen LogP contribution in [0.4, 0.5) is 4.79 Å². The van der Waals surface area contributed by atoms with Crippen LogP contribution in [0.2, 0.25) is 0 Å². The number of carbonyl (C=O) groups is 2. The van der Waals surface area contributed by atoms with E-state index in [1.807, 2.05) is 4.90 Å². The van der Waals surface area contributed by atoms with Gasteiger partial charge in [-0.15, -0.1) is 0 Å². The van der Waals surface area contributed by atoms with Crippen LogP contribution >= 0.6 is 0 Å². The largest absolute Gasteiger partial charge is 0.481 e. The lowest BCUT2D eigenvalue weighted by Gasteiger charge is -2.43. The summed E-state index contributed by atoms with van der Waals surface area (Å²) < 4.78 is 0. The summed E-state index contributed by atoms with van der Waals surface area (Å²) in [5, 5.41) is 12.0. The predicted molar refractivity (Wildman–Crippen MR) is 61.8 cm³/mol. The van der Waals surface area contributed by atoms with Gasteiger partial charge in [0.15, 0.2) is 0 Å². The number of fused-ring (bicyclic) bond motifs is 1. The number of hydrogen-bond donors (Lipinski definition) is 2. The summed E-state index contributed by atoms with van der Waals surface area (Å²) in [6.07, 6.45) is 0.0114. The van der Waals surface area contributed by atoms with Crippen LogP contribution in [0.5, 0.6) is 0 Å². The van der Waals surface area contributed by atoms with Gasteiger partial charge in [-0.05, 0) is 13.8 Å². The molecule has 2 aliphatic rings. The van der Waals surface area contributed by atoms with Crippen LogP contribution in [0, 0.1) is 0 Å². The summed E-state index contributed by atoms with van der Waals surface area (Å²) in [4.78, 5) is 26.2. The molecule has 0 aromatic rings. The highest BCUT2D eigenvalue weighted by molar-refractivity contribution is 5.79. The van der Waals surface area contributed by atoms with Gasteiger partial charge in [-0.3, -0.25) is 4.79 Å². The summed E-state index contributed by atoms with van der Waals surface area (Å²) in [7, 11) is 0. The molecule has 0 spiro atoms. The summed E-state index contributed by atoms with van der Waals surface area (Å²) in [6.45, 7) is 6.53. The number of nitrogens with one attached hydrogen (secondary N) is 1. The Kier molecular flexibility index (Phi) is 2.99. The van der Waals surface area contributed by atoms with Gasteiger partial charge in [0.2, 0.25) is 0 Å². The molecule has 0 bridgehead atoms. The van der Waals surface area contributed by atoms with Gasteiger partial charge < -0.3 is 20.2 Å². The van der Waals surface area contributed by atoms with E-state index in [1.54, 1.807) is 4.90 Å². The van der Waals surface area contributed by atoms with Crippen molar-refractivity contribution in [3.8, 4) is 0 Å². The lowest BCUT2D eigenvalue weighted by molar-refractivity contribution is -0.137. The van der Waals surface area contributed by atoms with Gasteiger partial charge in [-0.2, -0.15) is 0 Å². The number of carbonyl (C=O) groups excluding carboxylic acids is 1. The molecule has 17 heavy (non-hydrogen) atoms. The zero-order valence-corrected chi connectivity index (χ0v) is 10.3. The number of amides is 2. The fourth-order valence-corrected chi connectivity index (χ4v) is 2.67. The zero-order valence-electron chi connectivity index (χ0n) is 10.3.